The van der Waals surface area contributed by atoms with E-state index in [1.807, 2.05) is 72.5 Å². The molecule has 0 aromatic heterocycles. The number of hydrogen-bond donors (Lipinski definition) is 0. The van der Waals surface area contributed by atoms with Gasteiger partial charge in [-0.25, -0.2) is 0 Å². The van der Waals surface area contributed by atoms with Crippen molar-refractivity contribution < 1.29 is 9.53 Å². The molecule has 0 saturated carbocycles. The minimum atomic E-state index is 0.0482. The number of carbonyl (C=O) groups is 1. The van der Waals surface area contributed by atoms with Gasteiger partial charge in [0.15, 0.2) is 0 Å². The van der Waals surface area contributed by atoms with Crippen LogP contribution in [0.2, 0.25) is 0 Å². The van der Waals surface area contributed by atoms with E-state index < -0.39 is 0 Å². The lowest BCUT2D eigenvalue weighted by molar-refractivity contribution is -0.127. The van der Waals surface area contributed by atoms with E-state index in [1.54, 1.807) is 0 Å². The van der Waals surface area contributed by atoms with Gasteiger partial charge in [0.05, 0.1) is 12.5 Å². The summed E-state index contributed by atoms with van der Waals surface area (Å²) in [6.45, 7) is 5.99. The van der Waals surface area contributed by atoms with E-state index in [2.05, 4.69) is 4.90 Å². The maximum absolute atomic E-state index is 13.1. The van der Waals surface area contributed by atoms with Crippen molar-refractivity contribution in [2.75, 3.05) is 37.7 Å². The maximum atomic E-state index is 13.1. The number of hydrogen-bond acceptors (Lipinski definition) is 3. The van der Waals surface area contributed by atoms with Gasteiger partial charge >= 0.3 is 0 Å². The van der Waals surface area contributed by atoms with Crippen LogP contribution in [-0.2, 0) is 9.53 Å². The fraction of sp³-hybridized carbons (Fsp3) is 0.350. The third kappa shape index (κ3) is 3.83. The van der Waals surface area contributed by atoms with E-state index in [0.29, 0.717) is 0 Å². The van der Waals surface area contributed by atoms with Crippen molar-refractivity contribution in [3.63, 3.8) is 0 Å². The van der Waals surface area contributed by atoms with Crippen LogP contribution in [0, 0.1) is 5.92 Å². The summed E-state index contributed by atoms with van der Waals surface area (Å²) in [5.74, 6) is 0.215. The molecule has 24 heavy (non-hydrogen) atoms. The largest absolute Gasteiger partial charge is 0.380 e. The minimum Gasteiger partial charge on any atom is -0.380 e. The second-order valence-electron chi connectivity index (χ2n) is 6.00. The van der Waals surface area contributed by atoms with Crippen LogP contribution in [-0.4, -0.2) is 43.7 Å². The molecule has 1 heterocycles. The molecule has 0 unspecified atom stereocenters. The lowest BCUT2D eigenvalue weighted by Gasteiger charge is -2.40. The Morgan fingerprint density at radius 2 is 1.58 bits per heavy atom. The highest BCUT2D eigenvalue weighted by Crippen LogP contribution is 2.29. The van der Waals surface area contributed by atoms with Gasteiger partial charge in [0.25, 0.3) is 0 Å². The Kier molecular flexibility index (Phi) is 5.62. The van der Waals surface area contributed by atoms with Gasteiger partial charge in [0, 0.05) is 37.6 Å². The van der Waals surface area contributed by atoms with Gasteiger partial charge in [-0.3, -0.25) is 14.6 Å². The maximum Gasteiger partial charge on any atom is 0.237 e. The molecule has 0 radical (unpaired) electrons. The monoisotopic (exact) mass is 324 g/mol. The number of likely N-dealkylation sites (tertiary alicyclic amines) is 1. The van der Waals surface area contributed by atoms with Gasteiger partial charge in [-0.1, -0.05) is 36.4 Å². The van der Waals surface area contributed by atoms with Crippen LogP contribution in [0.25, 0.3) is 0 Å². The van der Waals surface area contributed by atoms with Crippen LogP contribution in [0.1, 0.15) is 6.92 Å². The van der Waals surface area contributed by atoms with Crippen molar-refractivity contribution in [3.05, 3.63) is 60.7 Å². The SMILES string of the molecule is CCOCCN1CC(C(=O)N(c2ccccc2)c2ccccc2)C1. The first-order valence-electron chi connectivity index (χ1n) is 8.53. The quantitative estimate of drug-likeness (QED) is 0.733. The van der Waals surface area contributed by atoms with Gasteiger partial charge in [-0.05, 0) is 31.2 Å². The lowest BCUT2D eigenvalue weighted by atomic mass is 9.97. The van der Waals surface area contributed by atoms with Gasteiger partial charge < -0.3 is 4.74 Å². The molecule has 0 spiro atoms. The van der Waals surface area contributed by atoms with Crippen LogP contribution in [0.3, 0.4) is 0 Å². The van der Waals surface area contributed by atoms with E-state index >= 15 is 0 Å². The molecule has 1 amide bonds. The summed E-state index contributed by atoms with van der Waals surface area (Å²) in [5, 5.41) is 0. The number of amides is 1. The summed E-state index contributed by atoms with van der Waals surface area (Å²) in [6, 6.07) is 19.7. The molecule has 0 atom stereocenters. The molecule has 0 aliphatic carbocycles. The van der Waals surface area contributed by atoms with Crippen molar-refractivity contribution in [3.8, 4) is 0 Å². The predicted molar refractivity (Wildman–Crippen MR) is 96.5 cm³/mol. The topological polar surface area (TPSA) is 32.8 Å². The van der Waals surface area contributed by atoms with Crippen LogP contribution >= 0.6 is 0 Å². The number of carbonyl (C=O) groups excluding carboxylic acids is 1. The smallest absolute Gasteiger partial charge is 0.237 e. The number of benzene rings is 2. The molecule has 0 N–H and O–H groups in total. The number of anilines is 2. The Bertz CT molecular complexity index is 600. The first-order valence-corrected chi connectivity index (χ1v) is 8.53. The summed E-state index contributed by atoms with van der Waals surface area (Å²) < 4.78 is 5.38. The van der Waals surface area contributed by atoms with E-state index in [9.17, 15) is 4.79 Å². The zero-order valence-corrected chi connectivity index (χ0v) is 14.1. The molecule has 3 rings (SSSR count). The Morgan fingerprint density at radius 1 is 1.04 bits per heavy atom. The van der Waals surface area contributed by atoms with Crippen molar-refractivity contribution in [2.24, 2.45) is 5.92 Å². The lowest BCUT2D eigenvalue weighted by Crippen LogP contribution is -2.54. The summed E-state index contributed by atoms with van der Waals surface area (Å²) >= 11 is 0. The first kappa shape index (κ1) is 16.7. The fourth-order valence-corrected chi connectivity index (χ4v) is 2.99. The van der Waals surface area contributed by atoms with Crippen LogP contribution in [0.5, 0.6) is 0 Å². The third-order valence-corrected chi connectivity index (χ3v) is 4.31. The molecule has 2 aromatic carbocycles. The molecular formula is C20H24N2O2. The van der Waals surface area contributed by atoms with Crippen molar-refractivity contribution in [1.29, 1.82) is 0 Å². The Morgan fingerprint density at radius 3 is 2.08 bits per heavy atom. The molecule has 126 valence electrons. The molecule has 2 aromatic rings. The summed E-state index contributed by atoms with van der Waals surface area (Å²) in [6.07, 6.45) is 0. The standard InChI is InChI=1S/C20H24N2O2/c1-2-24-14-13-21-15-17(16-21)20(23)22(18-9-5-3-6-10-18)19-11-7-4-8-12-19/h3-12,17H,2,13-16H2,1H3. The number of para-hydroxylation sites is 2. The normalized spacial score (nSPS) is 15.0. The van der Waals surface area contributed by atoms with Crippen molar-refractivity contribution >= 4 is 17.3 Å². The van der Waals surface area contributed by atoms with E-state index in [4.69, 9.17) is 4.74 Å². The summed E-state index contributed by atoms with van der Waals surface area (Å²) in [5.41, 5.74) is 1.84. The Balaban J connectivity index is 1.70. The molecule has 4 heteroatoms. The van der Waals surface area contributed by atoms with Crippen molar-refractivity contribution in [2.45, 2.75) is 6.92 Å². The van der Waals surface area contributed by atoms with E-state index in [1.165, 1.54) is 0 Å². The highest BCUT2D eigenvalue weighted by atomic mass is 16.5. The van der Waals surface area contributed by atoms with Crippen LogP contribution in [0.4, 0.5) is 11.4 Å². The van der Waals surface area contributed by atoms with Crippen LogP contribution in [0.15, 0.2) is 60.7 Å². The molecule has 0 bridgehead atoms. The molecule has 1 fully saturated rings. The highest BCUT2D eigenvalue weighted by Gasteiger charge is 2.36. The van der Waals surface area contributed by atoms with E-state index in [0.717, 1.165) is 44.2 Å². The Hall–Kier alpha value is -2.17. The molecular weight excluding hydrogens is 300 g/mol. The van der Waals surface area contributed by atoms with Gasteiger partial charge in [0.2, 0.25) is 5.91 Å². The molecule has 1 aliphatic rings. The zero-order valence-electron chi connectivity index (χ0n) is 14.1. The van der Waals surface area contributed by atoms with E-state index in [-0.39, 0.29) is 11.8 Å². The van der Waals surface area contributed by atoms with Gasteiger partial charge in [-0.2, -0.15) is 0 Å². The number of ether oxygens (including phenoxy) is 1. The summed E-state index contributed by atoms with van der Waals surface area (Å²) in [7, 11) is 0. The van der Waals surface area contributed by atoms with Crippen molar-refractivity contribution in [1.82, 2.24) is 4.90 Å². The predicted octanol–water partition coefficient (Wildman–Crippen LogP) is 3.32. The molecule has 1 saturated heterocycles. The third-order valence-electron chi connectivity index (χ3n) is 4.31. The second-order valence-corrected chi connectivity index (χ2v) is 6.00. The highest BCUT2D eigenvalue weighted by molar-refractivity contribution is 6.02. The first-order chi connectivity index (χ1) is 11.8. The zero-order chi connectivity index (χ0) is 16.8. The van der Waals surface area contributed by atoms with Gasteiger partial charge in [-0.15, -0.1) is 0 Å². The number of rotatable bonds is 7. The average Bonchev–Trinajstić information content (AvgIpc) is 2.59. The number of nitrogens with zero attached hydrogens (tertiary/aromatic N) is 2. The average molecular weight is 324 g/mol. The van der Waals surface area contributed by atoms with Gasteiger partial charge in [0.1, 0.15) is 0 Å². The van der Waals surface area contributed by atoms with Crippen LogP contribution < -0.4 is 4.90 Å². The summed E-state index contributed by atoms with van der Waals surface area (Å²) in [4.78, 5) is 17.2. The minimum absolute atomic E-state index is 0.0482. The Labute approximate surface area is 143 Å². The molecule has 1 aliphatic heterocycles. The fourth-order valence-electron chi connectivity index (χ4n) is 2.99. The second kappa shape index (κ2) is 8.08. The molecule has 4 nitrogen and oxygen atoms in total.